The minimum atomic E-state index is 0.211. The van der Waals surface area contributed by atoms with Gasteiger partial charge in [0.1, 0.15) is 0 Å². The molecule has 0 radical (unpaired) electrons. The van der Waals surface area contributed by atoms with E-state index in [1.165, 1.54) is 0 Å². The van der Waals surface area contributed by atoms with Crippen LogP contribution in [0.1, 0.15) is 27.7 Å². The van der Waals surface area contributed by atoms with Gasteiger partial charge in [0.2, 0.25) is 0 Å². The molecule has 80 valence electrons. The molecule has 0 heterocycles. The van der Waals surface area contributed by atoms with Crippen molar-refractivity contribution in [2.45, 2.75) is 39.8 Å². The maximum atomic E-state index is 5.68. The van der Waals surface area contributed by atoms with Crippen LogP contribution in [0.4, 0.5) is 0 Å². The van der Waals surface area contributed by atoms with E-state index in [4.69, 9.17) is 10.5 Å². The summed E-state index contributed by atoms with van der Waals surface area (Å²) in [6, 6.07) is 0.352. The van der Waals surface area contributed by atoms with Crippen LogP contribution in [-0.2, 0) is 4.74 Å². The van der Waals surface area contributed by atoms with Crippen molar-refractivity contribution in [1.82, 2.24) is 5.32 Å². The van der Waals surface area contributed by atoms with Crippen LogP contribution < -0.4 is 11.1 Å². The largest absolute Gasteiger partial charge is 0.380 e. The van der Waals surface area contributed by atoms with E-state index < -0.39 is 0 Å². The van der Waals surface area contributed by atoms with Gasteiger partial charge in [0.15, 0.2) is 0 Å². The van der Waals surface area contributed by atoms with E-state index in [0.717, 1.165) is 6.54 Å². The molecule has 0 rings (SSSR count). The first-order chi connectivity index (χ1) is 5.91. The Morgan fingerprint density at radius 1 is 1.38 bits per heavy atom. The van der Waals surface area contributed by atoms with Crippen molar-refractivity contribution in [2.24, 2.45) is 11.1 Å². The van der Waals surface area contributed by atoms with Crippen LogP contribution in [0.2, 0.25) is 0 Å². The number of hydrogen-bond donors (Lipinski definition) is 2. The fraction of sp³-hybridized carbons (Fsp3) is 1.00. The molecule has 0 amide bonds. The van der Waals surface area contributed by atoms with Crippen LogP contribution in [0.5, 0.6) is 0 Å². The number of ether oxygens (including phenoxy) is 1. The highest BCUT2D eigenvalue weighted by Crippen LogP contribution is 2.18. The molecule has 13 heavy (non-hydrogen) atoms. The molecular weight excluding hydrogens is 164 g/mol. The molecule has 0 spiro atoms. The monoisotopic (exact) mass is 188 g/mol. The molecule has 2 atom stereocenters. The van der Waals surface area contributed by atoms with Gasteiger partial charge in [-0.2, -0.15) is 0 Å². The zero-order valence-corrected chi connectivity index (χ0v) is 9.55. The van der Waals surface area contributed by atoms with Crippen molar-refractivity contribution in [1.29, 1.82) is 0 Å². The highest BCUT2D eigenvalue weighted by Gasteiger charge is 2.22. The molecule has 0 aliphatic rings. The number of nitrogens with one attached hydrogen (secondary N) is 1. The quantitative estimate of drug-likeness (QED) is 0.676. The van der Waals surface area contributed by atoms with Gasteiger partial charge in [0.25, 0.3) is 0 Å². The van der Waals surface area contributed by atoms with Crippen LogP contribution in [-0.4, -0.2) is 32.3 Å². The van der Waals surface area contributed by atoms with Gasteiger partial charge in [0, 0.05) is 26.2 Å². The zero-order valence-electron chi connectivity index (χ0n) is 9.55. The molecule has 0 aromatic carbocycles. The molecule has 3 nitrogen and oxygen atoms in total. The molecule has 0 fully saturated rings. The van der Waals surface area contributed by atoms with Crippen LogP contribution in [0.25, 0.3) is 0 Å². The molecule has 0 saturated heterocycles. The van der Waals surface area contributed by atoms with Crippen LogP contribution >= 0.6 is 0 Å². The van der Waals surface area contributed by atoms with Crippen LogP contribution in [0.15, 0.2) is 0 Å². The van der Waals surface area contributed by atoms with Gasteiger partial charge in [-0.3, -0.25) is 0 Å². The normalized spacial score (nSPS) is 17.1. The standard InChI is InChI=1S/C10H24N2O/c1-8(13-5)7-12-9(6-11)10(2,3)4/h8-9,12H,6-7,11H2,1-5H3. The lowest BCUT2D eigenvalue weighted by molar-refractivity contribution is 0.108. The van der Waals surface area contributed by atoms with E-state index in [1.54, 1.807) is 7.11 Å². The lowest BCUT2D eigenvalue weighted by atomic mass is 9.87. The van der Waals surface area contributed by atoms with Crippen molar-refractivity contribution in [3.05, 3.63) is 0 Å². The Morgan fingerprint density at radius 2 is 1.92 bits per heavy atom. The first-order valence-electron chi connectivity index (χ1n) is 4.88. The minimum absolute atomic E-state index is 0.211. The molecule has 0 bridgehead atoms. The van der Waals surface area contributed by atoms with E-state index in [-0.39, 0.29) is 11.5 Å². The second kappa shape index (κ2) is 5.58. The van der Waals surface area contributed by atoms with Crippen molar-refractivity contribution < 1.29 is 4.74 Å². The summed E-state index contributed by atoms with van der Waals surface area (Å²) in [6.07, 6.45) is 0.247. The molecule has 3 N–H and O–H groups in total. The summed E-state index contributed by atoms with van der Waals surface area (Å²) in [4.78, 5) is 0. The van der Waals surface area contributed by atoms with Crippen molar-refractivity contribution in [2.75, 3.05) is 20.2 Å². The molecule has 0 aromatic rings. The van der Waals surface area contributed by atoms with E-state index >= 15 is 0 Å². The van der Waals surface area contributed by atoms with Gasteiger partial charge in [-0.05, 0) is 12.3 Å². The number of methoxy groups -OCH3 is 1. The smallest absolute Gasteiger partial charge is 0.0667 e. The fourth-order valence-corrected chi connectivity index (χ4v) is 1.13. The van der Waals surface area contributed by atoms with Crippen LogP contribution in [0.3, 0.4) is 0 Å². The van der Waals surface area contributed by atoms with Crippen molar-refractivity contribution in [3.8, 4) is 0 Å². The summed E-state index contributed by atoms with van der Waals surface area (Å²) in [6.45, 7) is 10.1. The molecule has 0 aliphatic carbocycles. The summed E-state index contributed by atoms with van der Waals surface area (Å²) in [5.74, 6) is 0. The number of nitrogens with two attached hydrogens (primary N) is 1. The Labute approximate surface area is 82.0 Å². The van der Waals surface area contributed by atoms with E-state index in [9.17, 15) is 0 Å². The van der Waals surface area contributed by atoms with Gasteiger partial charge in [-0.15, -0.1) is 0 Å². The third-order valence-electron chi connectivity index (χ3n) is 2.34. The third kappa shape index (κ3) is 5.24. The average Bonchev–Trinajstić information content (AvgIpc) is 2.02. The maximum Gasteiger partial charge on any atom is 0.0667 e. The highest BCUT2D eigenvalue weighted by molar-refractivity contribution is 4.81. The topological polar surface area (TPSA) is 47.3 Å². The molecular formula is C10H24N2O. The number of hydrogen-bond acceptors (Lipinski definition) is 3. The van der Waals surface area contributed by atoms with Crippen molar-refractivity contribution >= 4 is 0 Å². The number of rotatable bonds is 5. The van der Waals surface area contributed by atoms with E-state index in [0.29, 0.717) is 12.6 Å². The summed E-state index contributed by atoms with van der Waals surface area (Å²) < 4.78 is 5.15. The molecule has 2 unspecified atom stereocenters. The summed E-state index contributed by atoms with van der Waals surface area (Å²) >= 11 is 0. The van der Waals surface area contributed by atoms with Crippen LogP contribution in [0, 0.1) is 5.41 Å². The Hall–Kier alpha value is -0.120. The predicted molar refractivity (Wildman–Crippen MR) is 56.8 cm³/mol. The molecule has 0 saturated carbocycles. The highest BCUT2D eigenvalue weighted by atomic mass is 16.5. The fourth-order valence-electron chi connectivity index (χ4n) is 1.13. The Bertz CT molecular complexity index is 131. The Kier molecular flexibility index (Phi) is 5.53. The maximum absolute atomic E-state index is 5.68. The summed E-state index contributed by atoms with van der Waals surface area (Å²) in [5.41, 5.74) is 5.89. The van der Waals surface area contributed by atoms with Gasteiger partial charge in [-0.25, -0.2) is 0 Å². The second-order valence-corrected chi connectivity index (χ2v) is 4.61. The molecule has 3 heteroatoms. The Morgan fingerprint density at radius 3 is 2.23 bits per heavy atom. The third-order valence-corrected chi connectivity index (χ3v) is 2.34. The van der Waals surface area contributed by atoms with Gasteiger partial charge in [0.05, 0.1) is 6.10 Å². The lowest BCUT2D eigenvalue weighted by Gasteiger charge is -2.31. The average molecular weight is 188 g/mol. The summed E-state index contributed by atoms with van der Waals surface area (Å²) in [5, 5.41) is 3.41. The first-order valence-corrected chi connectivity index (χ1v) is 4.88. The van der Waals surface area contributed by atoms with Gasteiger partial charge >= 0.3 is 0 Å². The lowest BCUT2D eigenvalue weighted by Crippen LogP contribution is -2.48. The predicted octanol–water partition coefficient (Wildman–Crippen LogP) is 0.984. The van der Waals surface area contributed by atoms with Gasteiger partial charge in [-0.1, -0.05) is 20.8 Å². The van der Waals surface area contributed by atoms with Crippen molar-refractivity contribution in [3.63, 3.8) is 0 Å². The molecule has 0 aliphatic heterocycles. The van der Waals surface area contributed by atoms with E-state index in [2.05, 4.69) is 26.1 Å². The molecule has 0 aromatic heterocycles. The van der Waals surface area contributed by atoms with E-state index in [1.807, 2.05) is 6.92 Å². The van der Waals surface area contributed by atoms with Gasteiger partial charge < -0.3 is 15.8 Å². The minimum Gasteiger partial charge on any atom is -0.380 e. The zero-order chi connectivity index (χ0) is 10.5. The second-order valence-electron chi connectivity index (χ2n) is 4.61. The summed E-state index contributed by atoms with van der Waals surface area (Å²) in [7, 11) is 1.72. The SMILES string of the molecule is COC(C)CNC(CN)C(C)(C)C. The Balaban J connectivity index is 3.86. The first kappa shape index (κ1) is 12.9.